The summed E-state index contributed by atoms with van der Waals surface area (Å²) >= 11 is 0. The maximum atomic E-state index is 13.6. The molecular formula is C26H35N3O9S. The molecule has 2 N–H and O–H groups in total. The summed E-state index contributed by atoms with van der Waals surface area (Å²) in [6.45, 7) is 5.36. The topological polar surface area (TPSA) is 158 Å². The van der Waals surface area contributed by atoms with Crippen molar-refractivity contribution >= 4 is 21.8 Å². The van der Waals surface area contributed by atoms with E-state index in [2.05, 4.69) is 5.32 Å². The van der Waals surface area contributed by atoms with Gasteiger partial charge in [-0.1, -0.05) is 34.8 Å². The van der Waals surface area contributed by atoms with Crippen LogP contribution in [0.2, 0.25) is 0 Å². The summed E-state index contributed by atoms with van der Waals surface area (Å²) in [4.78, 5) is 28.6. The number of hydrogen-bond acceptors (Lipinski definition) is 9. The van der Waals surface area contributed by atoms with Crippen LogP contribution >= 0.6 is 0 Å². The van der Waals surface area contributed by atoms with Gasteiger partial charge in [0.1, 0.15) is 5.60 Å². The number of benzene rings is 2. The minimum Gasteiger partial charge on any atom is -0.444 e. The Bertz CT molecular complexity index is 1200. The summed E-state index contributed by atoms with van der Waals surface area (Å²) in [5.41, 5.74) is -0.257. The zero-order chi connectivity index (χ0) is 28.6. The number of nitro benzene ring substituents is 1. The first kappa shape index (κ1) is 30.4. The van der Waals surface area contributed by atoms with E-state index in [9.17, 15) is 28.4 Å². The fourth-order valence-corrected chi connectivity index (χ4v) is 5.19. The molecule has 1 saturated heterocycles. The van der Waals surface area contributed by atoms with Crippen LogP contribution in [0.15, 0.2) is 59.5 Å². The molecule has 12 nitrogen and oxygen atoms in total. The number of nitrogens with one attached hydrogen (secondary N) is 1. The number of sulfonamides is 1. The molecule has 214 valence electrons. The van der Waals surface area contributed by atoms with Crippen molar-refractivity contribution in [3.63, 3.8) is 0 Å². The first-order valence-corrected chi connectivity index (χ1v) is 14.0. The van der Waals surface area contributed by atoms with Gasteiger partial charge in [-0.05, 0) is 57.7 Å². The lowest BCUT2D eigenvalue weighted by atomic mass is 10.0. The normalized spacial score (nSPS) is 16.4. The third-order valence-electron chi connectivity index (χ3n) is 5.85. The Morgan fingerprint density at radius 1 is 1.15 bits per heavy atom. The standard InChI is InChI=1S/C26H35N3O9S/c1-26(2,3)37-25(31)27-23(17-19-7-5-4-6-8-19)24(30)18-28(38-21-13-15-36-16-14-21)39(34,35)22-11-9-20(10-12-22)29(32)33/h4-12,21,23-24,30H,13-18H2,1-3H3,(H,27,31)/t23-,24?/m0/s1. The van der Waals surface area contributed by atoms with E-state index < -0.39 is 51.4 Å². The quantitative estimate of drug-likeness (QED) is 0.308. The third kappa shape index (κ3) is 9.25. The Kier molecular flexibility index (Phi) is 10.4. The van der Waals surface area contributed by atoms with Crippen molar-refractivity contribution in [1.82, 2.24) is 9.79 Å². The average molecular weight is 566 g/mol. The molecule has 0 aromatic heterocycles. The molecule has 1 heterocycles. The van der Waals surface area contributed by atoms with Crippen molar-refractivity contribution in [2.75, 3.05) is 19.8 Å². The number of carbonyl (C=O) groups is 1. The molecule has 2 aromatic rings. The largest absolute Gasteiger partial charge is 0.444 e. The summed E-state index contributed by atoms with van der Waals surface area (Å²) in [5.74, 6) is 0. The number of ether oxygens (including phenoxy) is 2. The molecule has 1 aliphatic rings. The van der Waals surface area contributed by atoms with E-state index in [4.69, 9.17) is 14.3 Å². The molecule has 1 aliphatic heterocycles. The smallest absolute Gasteiger partial charge is 0.407 e. The molecule has 0 aliphatic carbocycles. The number of rotatable bonds is 11. The minimum absolute atomic E-state index is 0.184. The second-order valence-corrected chi connectivity index (χ2v) is 12.0. The number of non-ortho nitro benzene ring substituents is 1. The average Bonchev–Trinajstić information content (AvgIpc) is 2.88. The van der Waals surface area contributed by atoms with Crippen LogP contribution in [0, 0.1) is 10.1 Å². The zero-order valence-electron chi connectivity index (χ0n) is 22.2. The molecule has 0 spiro atoms. The van der Waals surface area contributed by atoms with Crippen LogP contribution in [-0.2, 0) is 30.8 Å². The Labute approximate surface area is 228 Å². The van der Waals surface area contributed by atoms with E-state index in [1.807, 2.05) is 30.3 Å². The van der Waals surface area contributed by atoms with E-state index in [0.717, 1.165) is 29.8 Å². The number of aliphatic hydroxyl groups excluding tert-OH is 1. The fourth-order valence-electron chi connectivity index (χ4n) is 3.89. The SMILES string of the molecule is CC(C)(C)OC(=O)N[C@@H](Cc1ccccc1)C(O)CN(OC1CCOCC1)S(=O)(=O)c1ccc([N+](=O)[O-])cc1. The number of hydrogen-bond donors (Lipinski definition) is 2. The molecule has 0 radical (unpaired) electrons. The van der Waals surface area contributed by atoms with Gasteiger partial charge >= 0.3 is 6.09 Å². The van der Waals surface area contributed by atoms with Gasteiger partial charge in [0.15, 0.2) is 0 Å². The number of amides is 1. The van der Waals surface area contributed by atoms with Gasteiger partial charge in [-0.3, -0.25) is 15.0 Å². The molecule has 39 heavy (non-hydrogen) atoms. The predicted molar refractivity (Wildman–Crippen MR) is 141 cm³/mol. The van der Waals surface area contributed by atoms with Gasteiger partial charge in [0.05, 0.1) is 34.6 Å². The van der Waals surface area contributed by atoms with E-state index in [-0.39, 0.29) is 17.0 Å². The maximum absolute atomic E-state index is 13.6. The monoisotopic (exact) mass is 565 g/mol. The number of nitro groups is 1. The number of hydroxylamine groups is 1. The summed E-state index contributed by atoms with van der Waals surface area (Å²) < 4.78 is 38.6. The molecule has 13 heteroatoms. The van der Waals surface area contributed by atoms with Crippen molar-refractivity contribution in [2.24, 2.45) is 0 Å². The van der Waals surface area contributed by atoms with Crippen LogP contribution in [0.25, 0.3) is 0 Å². The minimum atomic E-state index is -4.36. The first-order chi connectivity index (χ1) is 18.3. The lowest BCUT2D eigenvalue weighted by Crippen LogP contribution is -2.52. The Hall–Kier alpha value is -3.10. The number of carbonyl (C=O) groups excluding carboxylic acids is 1. The van der Waals surface area contributed by atoms with Gasteiger partial charge in [0.2, 0.25) is 0 Å². The van der Waals surface area contributed by atoms with Gasteiger partial charge < -0.3 is 19.9 Å². The van der Waals surface area contributed by atoms with Gasteiger partial charge in [-0.15, -0.1) is 0 Å². The van der Waals surface area contributed by atoms with Gasteiger partial charge in [-0.2, -0.15) is 0 Å². The highest BCUT2D eigenvalue weighted by atomic mass is 32.2. The Morgan fingerprint density at radius 2 is 1.77 bits per heavy atom. The molecule has 0 bridgehead atoms. The van der Waals surface area contributed by atoms with Crippen molar-refractivity contribution < 1.29 is 37.6 Å². The maximum Gasteiger partial charge on any atom is 0.407 e. The predicted octanol–water partition coefficient (Wildman–Crippen LogP) is 3.19. The molecule has 3 rings (SSSR count). The molecule has 2 aromatic carbocycles. The lowest BCUT2D eigenvalue weighted by Gasteiger charge is -2.32. The highest BCUT2D eigenvalue weighted by molar-refractivity contribution is 7.89. The van der Waals surface area contributed by atoms with Crippen LogP contribution in [0.4, 0.5) is 10.5 Å². The van der Waals surface area contributed by atoms with E-state index in [1.165, 1.54) is 0 Å². The molecule has 0 saturated carbocycles. The van der Waals surface area contributed by atoms with Crippen molar-refractivity contribution in [2.45, 2.75) is 68.8 Å². The molecule has 1 fully saturated rings. The highest BCUT2D eigenvalue weighted by Crippen LogP contribution is 2.24. The highest BCUT2D eigenvalue weighted by Gasteiger charge is 2.35. The van der Waals surface area contributed by atoms with Gasteiger partial charge in [0.25, 0.3) is 15.7 Å². The van der Waals surface area contributed by atoms with Crippen molar-refractivity contribution in [1.29, 1.82) is 0 Å². The molecule has 1 amide bonds. The van der Waals surface area contributed by atoms with Crippen molar-refractivity contribution in [3.8, 4) is 0 Å². The van der Waals surface area contributed by atoms with E-state index in [0.29, 0.717) is 30.5 Å². The second-order valence-electron chi connectivity index (χ2n) is 10.2. The summed E-state index contributed by atoms with van der Waals surface area (Å²) in [6, 6.07) is 12.5. The van der Waals surface area contributed by atoms with Crippen LogP contribution in [0.3, 0.4) is 0 Å². The van der Waals surface area contributed by atoms with Gasteiger partial charge in [-0.25, -0.2) is 13.2 Å². The Morgan fingerprint density at radius 3 is 2.33 bits per heavy atom. The summed E-state index contributed by atoms with van der Waals surface area (Å²) in [7, 11) is -4.36. The van der Waals surface area contributed by atoms with Crippen LogP contribution < -0.4 is 5.32 Å². The van der Waals surface area contributed by atoms with E-state index >= 15 is 0 Å². The Balaban J connectivity index is 1.88. The third-order valence-corrected chi connectivity index (χ3v) is 7.49. The molecular weight excluding hydrogens is 530 g/mol. The number of alkyl carbamates (subject to hydrolysis) is 1. The first-order valence-electron chi connectivity index (χ1n) is 12.6. The number of nitrogens with zero attached hydrogens (tertiary/aromatic N) is 2. The number of aliphatic hydroxyl groups is 1. The van der Waals surface area contributed by atoms with Crippen LogP contribution in [0.5, 0.6) is 0 Å². The van der Waals surface area contributed by atoms with Crippen LogP contribution in [0.1, 0.15) is 39.2 Å². The lowest BCUT2D eigenvalue weighted by molar-refractivity contribution is -0.384. The van der Waals surface area contributed by atoms with E-state index in [1.54, 1.807) is 20.8 Å². The summed E-state index contributed by atoms with van der Waals surface area (Å²) in [5, 5.41) is 25.0. The van der Waals surface area contributed by atoms with Crippen molar-refractivity contribution in [3.05, 3.63) is 70.3 Å². The fraction of sp³-hybridized carbons (Fsp3) is 0.500. The molecule has 1 unspecified atom stereocenters. The van der Waals surface area contributed by atoms with Gasteiger partial charge in [0, 0.05) is 25.3 Å². The zero-order valence-corrected chi connectivity index (χ0v) is 23.0. The summed E-state index contributed by atoms with van der Waals surface area (Å²) in [6.07, 6.45) is -1.62. The van der Waals surface area contributed by atoms with Crippen LogP contribution in [-0.4, -0.2) is 72.6 Å². The second kappa shape index (κ2) is 13.3. The molecule has 2 atom stereocenters.